The first-order chi connectivity index (χ1) is 6.99. The van der Waals surface area contributed by atoms with Gasteiger partial charge in [-0.1, -0.05) is 13.8 Å². The number of carboxylic acids is 1. The molecule has 0 aliphatic heterocycles. The van der Waals surface area contributed by atoms with Crippen LogP contribution in [0.25, 0.3) is 0 Å². The fourth-order valence-corrected chi connectivity index (χ4v) is 1.76. The van der Waals surface area contributed by atoms with E-state index in [1.807, 2.05) is 25.5 Å². The van der Waals surface area contributed by atoms with Crippen molar-refractivity contribution >= 4 is 5.97 Å². The van der Waals surface area contributed by atoms with Gasteiger partial charge in [0.1, 0.15) is 5.92 Å². The number of rotatable bonds is 4. The van der Waals surface area contributed by atoms with Gasteiger partial charge in [0.15, 0.2) is 0 Å². The fraction of sp³-hybridized carbons (Fsp3) is 0.600. The minimum absolute atomic E-state index is 0.0755. The van der Waals surface area contributed by atoms with E-state index in [4.69, 9.17) is 10.8 Å². The molecule has 0 aliphatic rings. The van der Waals surface area contributed by atoms with Crippen molar-refractivity contribution in [1.29, 1.82) is 0 Å². The number of aryl methyl sites for hydroxylation is 1. The second-order valence-electron chi connectivity index (χ2n) is 3.91. The molecule has 0 bridgehead atoms. The molecular weight excluding hydrogens is 194 g/mol. The van der Waals surface area contributed by atoms with Gasteiger partial charge in [-0.3, -0.25) is 4.79 Å². The van der Waals surface area contributed by atoms with E-state index in [9.17, 15) is 4.79 Å². The van der Waals surface area contributed by atoms with Gasteiger partial charge < -0.3 is 15.4 Å². The standard InChI is InChI=1S/C10H17N3O2/c1-6(2)9-8(12-5-13(9)3)7(4-11)10(14)15/h5-7H,4,11H2,1-3H3,(H,14,15). The lowest BCUT2D eigenvalue weighted by Crippen LogP contribution is -2.23. The van der Waals surface area contributed by atoms with Gasteiger partial charge in [-0.15, -0.1) is 0 Å². The van der Waals surface area contributed by atoms with Crippen LogP contribution in [0.1, 0.15) is 37.1 Å². The Kier molecular flexibility index (Phi) is 3.47. The zero-order valence-corrected chi connectivity index (χ0v) is 9.27. The molecule has 5 nitrogen and oxygen atoms in total. The lowest BCUT2D eigenvalue weighted by atomic mass is 9.98. The average Bonchev–Trinajstić information content (AvgIpc) is 2.48. The SMILES string of the molecule is CC(C)c1c(C(CN)C(=O)O)ncn1C. The van der Waals surface area contributed by atoms with Crippen molar-refractivity contribution in [2.75, 3.05) is 6.54 Å². The van der Waals surface area contributed by atoms with Crippen LogP contribution in [0.15, 0.2) is 6.33 Å². The van der Waals surface area contributed by atoms with Crippen LogP contribution in [0, 0.1) is 0 Å². The summed E-state index contributed by atoms with van der Waals surface area (Å²) in [5.41, 5.74) is 6.98. The molecule has 1 aromatic heterocycles. The Hall–Kier alpha value is -1.36. The van der Waals surface area contributed by atoms with Gasteiger partial charge >= 0.3 is 5.97 Å². The lowest BCUT2D eigenvalue weighted by molar-refractivity contribution is -0.138. The molecule has 0 spiro atoms. The molecule has 0 saturated heterocycles. The first kappa shape index (κ1) is 11.7. The van der Waals surface area contributed by atoms with E-state index in [-0.39, 0.29) is 12.5 Å². The smallest absolute Gasteiger partial charge is 0.313 e. The zero-order valence-electron chi connectivity index (χ0n) is 9.27. The molecule has 15 heavy (non-hydrogen) atoms. The maximum atomic E-state index is 11.0. The number of hydrogen-bond donors (Lipinski definition) is 2. The summed E-state index contributed by atoms with van der Waals surface area (Å²) in [5, 5.41) is 9.01. The maximum Gasteiger partial charge on any atom is 0.313 e. The molecule has 3 N–H and O–H groups in total. The third-order valence-electron chi connectivity index (χ3n) is 2.42. The first-order valence-electron chi connectivity index (χ1n) is 4.93. The number of carbonyl (C=O) groups is 1. The van der Waals surface area contributed by atoms with E-state index in [0.717, 1.165) is 5.69 Å². The normalized spacial score (nSPS) is 13.1. The largest absolute Gasteiger partial charge is 0.481 e. The first-order valence-corrected chi connectivity index (χ1v) is 4.93. The Labute approximate surface area is 88.9 Å². The van der Waals surface area contributed by atoms with Gasteiger partial charge in [0.2, 0.25) is 0 Å². The van der Waals surface area contributed by atoms with Gasteiger partial charge in [0.05, 0.1) is 12.0 Å². The van der Waals surface area contributed by atoms with E-state index in [1.54, 1.807) is 6.33 Å². The number of nitrogens with two attached hydrogens (primary N) is 1. The van der Waals surface area contributed by atoms with Crippen LogP contribution >= 0.6 is 0 Å². The highest BCUT2D eigenvalue weighted by atomic mass is 16.4. The van der Waals surface area contributed by atoms with Gasteiger partial charge in [-0.25, -0.2) is 4.98 Å². The molecule has 1 atom stereocenters. The Morgan fingerprint density at radius 1 is 1.67 bits per heavy atom. The Morgan fingerprint density at radius 2 is 2.27 bits per heavy atom. The van der Waals surface area contributed by atoms with Crippen LogP contribution in [0.5, 0.6) is 0 Å². The second kappa shape index (κ2) is 4.44. The molecular formula is C10H17N3O2. The Balaban J connectivity index is 3.18. The monoisotopic (exact) mass is 211 g/mol. The molecule has 0 aliphatic carbocycles. The third kappa shape index (κ3) is 2.18. The van der Waals surface area contributed by atoms with Crippen LogP contribution in [0.3, 0.4) is 0 Å². The van der Waals surface area contributed by atoms with Gasteiger partial charge in [-0.2, -0.15) is 0 Å². The second-order valence-corrected chi connectivity index (χ2v) is 3.91. The van der Waals surface area contributed by atoms with E-state index < -0.39 is 11.9 Å². The molecule has 1 aromatic rings. The van der Waals surface area contributed by atoms with E-state index >= 15 is 0 Å². The number of carboxylic acid groups (broad SMARTS) is 1. The zero-order chi connectivity index (χ0) is 11.6. The summed E-state index contributed by atoms with van der Waals surface area (Å²) < 4.78 is 1.85. The number of aliphatic carboxylic acids is 1. The molecule has 5 heteroatoms. The van der Waals surface area contributed by atoms with Gasteiger partial charge in [0.25, 0.3) is 0 Å². The molecule has 0 saturated carbocycles. The molecule has 1 rings (SSSR count). The molecule has 0 aromatic carbocycles. The Bertz CT molecular complexity index is 358. The van der Waals surface area contributed by atoms with Gasteiger partial charge in [0, 0.05) is 19.3 Å². The van der Waals surface area contributed by atoms with Crippen LogP contribution in [0.2, 0.25) is 0 Å². The fourth-order valence-electron chi connectivity index (χ4n) is 1.76. The van der Waals surface area contributed by atoms with Crippen LogP contribution in [-0.4, -0.2) is 27.2 Å². The van der Waals surface area contributed by atoms with E-state index in [1.165, 1.54) is 0 Å². The highest BCUT2D eigenvalue weighted by molar-refractivity contribution is 5.76. The van der Waals surface area contributed by atoms with Crippen LogP contribution < -0.4 is 5.73 Å². The number of nitrogens with zero attached hydrogens (tertiary/aromatic N) is 2. The number of hydrogen-bond acceptors (Lipinski definition) is 3. The quantitative estimate of drug-likeness (QED) is 0.767. The highest BCUT2D eigenvalue weighted by Crippen LogP contribution is 2.24. The van der Waals surface area contributed by atoms with Crippen molar-refractivity contribution in [1.82, 2.24) is 9.55 Å². The topological polar surface area (TPSA) is 81.1 Å². The summed E-state index contributed by atoms with van der Waals surface area (Å²) in [7, 11) is 1.86. The van der Waals surface area contributed by atoms with E-state index in [0.29, 0.717) is 5.69 Å². The minimum atomic E-state index is -0.918. The summed E-state index contributed by atoms with van der Waals surface area (Å²) in [6.45, 7) is 4.10. The number of aromatic nitrogens is 2. The van der Waals surface area contributed by atoms with Crippen molar-refractivity contribution < 1.29 is 9.90 Å². The summed E-state index contributed by atoms with van der Waals surface area (Å²) >= 11 is 0. The highest BCUT2D eigenvalue weighted by Gasteiger charge is 2.25. The molecule has 0 fully saturated rings. The summed E-state index contributed by atoms with van der Waals surface area (Å²) in [5.74, 6) is -1.39. The molecule has 0 amide bonds. The molecule has 1 heterocycles. The van der Waals surface area contributed by atoms with Crippen molar-refractivity contribution in [2.24, 2.45) is 12.8 Å². The lowest BCUT2D eigenvalue weighted by Gasteiger charge is -2.13. The van der Waals surface area contributed by atoms with Crippen molar-refractivity contribution in [3.8, 4) is 0 Å². The van der Waals surface area contributed by atoms with E-state index in [2.05, 4.69) is 4.98 Å². The minimum Gasteiger partial charge on any atom is -0.481 e. The summed E-state index contributed by atoms with van der Waals surface area (Å²) in [6.07, 6.45) is 1.64. The predicted octanol–water partition coefficient (Wildman–Crippen LogP) is 0.670. The summed E-state index contributed by atoms with van der Waals surface area (Å²) in [6, 6.07) is 0. The molecule has 84 valence electrons. The average molecular weight is 211 g/mol. The van der Waals surface area contributed by atoms with Crippen LogP contribution in [-0.2, 0) is 11.8 Å². The predicted molar refractivity (Wildman–Crippen MR) is 56.7 cm³/mol. The van der Waals surface area contributed by atoms with Crippen LogP contribution in [0.4, 0.5) is 0 Å². The Morgan fingerprint density at radius 3 is 2.67 bits per heavy atom. The molecule has 0 radical (unpaired) electrons. The van der Waals surface area contributed by atoms with Crippen molar-refractivity contribution in [3.05, 3.63) is 17.7 Å². The summed E-state index contributed by atoms with van der Waals surface area (Å²) in [4.78, 5) is 15.1. The maximum absolute atomic E-state index is 11.0. The molecule has 1 unspecified atom stereocenters. The van der Waals surface area contributed by atoms with Crippen molar-refractivity contribution in [3.63, 3.8) is 0 Å². The number of imidazole rings is 1. The van der Waals surface area contributed by atoms with Crippen molar-refractivity contribution in [2.45, 2.75) is 25.7 Å². The van der Waals surface area contributed by atoms with Gasteiger partial charge in [-0.05, 0) is 5.92 Å². The third-order valence-corrected chi connectivity index (χ3v) is 2.42.